The number of fused-ring (bicyclic) bond motifs is 9. The van der Waals surface area contributed by atoms with Crippen LogP contribution in [-0.2, 0) is 10.8 Å². The lowest BCUT2D eigenvalue weighted by Gasteiger charge is -2.61. The number of hydrogen-bond donors (Lipinski definition) is 0. The molecule has 1 unspecified atom stereocenters. The summed E-state index contributed by atoms with van der Waals surface area (Å²) >= 11 is 0. The van der Waals surface area contributed by atoms with Gasteiger partial charge in [0.05, 0.1) is 0 Å². The normalized spacial score (nSPS) is 29.2. The van der Waals surface area contributed by atoms with Gasteiger partial charge in [0.15, 0.2) is 0 Å². The molecule has 7 saturated carbocycles. The Kier molecular flexibility index (Phi) is 9.17. The van der Waals surface area contributed by atoms with Crippen molar-refractivity contribution in [2.75, 3.05) is 4.90 Å². The summed E-state index contributed by atoms with van der Waals surface area (Å²) in [6.07, 6.45) is 12.4. The molecule has 0 radical (unpaired) electrons. The molecule has 1 heteroatoms. The van der Waals surface area contributed by atoms with Gasteiger partial charge in [-0.2, -0.15) is 0 Å². The van der Waals surface area contributed by atoms with Crippen molar-refractivity contribution >= 4 is 17.1 Å². The molecule has 0 N–H and O–H groups in total. The third-order valence-electron chi connectivity index (χ3n) is 19.9. The number of benzene rings is 8. The summed E-state index contributed by atoms with van der Waals surface area (Å²) in [7, 11) is 0. The van der Waals surface area contributed by atoms with E-state index in [2.05, 4.69) is 207 Å². The summed E-state index contributed by atoms with van der Waals surface area (Å²) in [5, 5.41) is 0. The molecule has 8 aromatic carbocycles. The zero-order valence-corrected chi connectivity index (χ0v) is 40.8. The van der Waals surface area contributed by atoms with Gasteiger partial charge in [0, 0.05) is 27.9 Å². The number of nitrogens with zero attached hydrogens (tertiary/aromatic N) is 1. The first-order chi connectivity index (χ1) is 34.4. The lowest BCUT2D eigenvalue weighted by molar-refractivity contribution is -0.0399. The van der Waals surface area contributed by atoms with Crippen molar-refractivity contribution < 1.29 is 0 Å². The Hall–Kier alpha value is -6.44. The Labute approximate surface area is 415 Å². The zero-order valence-electron chi connectivity index (χ0n) is 40.8. The summed E-state index contributed by atoms with van der Waals surface area (Å²) in [5.74, 6) is 6.23. The van der Waals surface area contributed by atoms with Crippen LogP contribution in [0.1, 0.15) is 93.9 Å². The van der Waals surface area contributed by atoms with E-state index in [1.165, 1.54) is 130 Å². The van der Waals surface area contributed by atoms with Gasteiger partial charge in [-0.05, 0) is 232 Å². The van der Waals surface area contributed by atoms with E-state index in [4.69, 9.17) is 0 Å². The molecule has 0 aliphatic heterocycles. The van der Waals surface area contributed by atoms with Crippen molar-refractivity contribution in [2.45, 2.75) is 82.5 Å². The van der Waals surface area contributed by atoms with E-state index in [0.29, 0.717) is 11.8 Å². The maximum absolute atomic E-state index is 2.65. The molecule has 9 aliphatic carbocycles. The molecule has 0 amide bonds. The molecule has 3 atom stereocenters. The van der Waals surface area contributed by atoms with E-state index in [1.807, 2.05) is 0 Å². The van der Waals surface area contributed by atoms with Gasteiger partial charge in [0.1, 0.15) is 0 Å². The molecule has 70 heavy (non-hydrogen) atoms. The van der Waals surface area contributed by atoms with Crippen molar-refractivity contribution in [2.24, 2.45) is 47.3 Å². The molecule has 0 heterocycles. The van der Waals surface area contributed by atoms with E-state index in [-0.39, 0.29) is 10.8 Å². The number of anilines is 3. The second-order valence-corrected chi connectivity index (χ2v) is 23.5. The van der Waals surface area contributed by atoms with Gasteiger partial charge in [-0.1, -0.05) is 153 Å². The van der Waals surface area contributed by atoms with Crippen LogP contribution in [0.5, 0.6) is 0 Å². The monoisotopic (exact) mass is 905 g/mol. The minimum Gasteiger partial charge on any atom is -0.310 e. The quantitative estimate of drug-likeness (QED) is 0.161. The third-order valence-corrected chi connectivity index (χ3v) is 19.9. The Morgan fingerprint density at radius 1 is 0.314 bits per heavy atom. The summed E-state index contributed by atoms with van der Waals surface area (Å²) in [5.41, 5.74) is 23.7. The highest BCUT2D eigenvalue weighted by Crippen LogP contribution is 2.70. The Morgan fingerprint density at radius 3 is 1.46 bits per heavy atom. The Morgan fingerprint density at radius 2 is 0.771 bits per heavy atom. The summed E-state index contributed by atoms with van der Waals surface area (Å²) in [6, 6.07) is 73.0. The van der Waals surface area contributed by atoms with Crippen LogP contribution in [0.4, 0.5) is 17.1 Å². The van der Waals surface area contributed by atoms with E-state index in [9.17, 15) is 0 Å². The molecule has 8 aromatic rings. The molecule has 7 fully saturated rings. The molecule has 0 aromatic heterocycles. The molecule has 9 aliphatic rings. The fraction of sp³-hybridized carbons (Fsp3) is 0.304. The van der Waals surface area contributed by atoms with Crippen LogP contribution in [0.3, 0.4) is 0 Å². The first-order valence-corrected chi connectivity index (χ1v) is 27.1. The lowest BCUT2D eigenvalue weighted by atomic mass is 9.43. The standard InChI is InChI=1S/C69H63N/c1-43-30-44(2)68(54-33-45(31-43)34-54)64-20-8-6-18-60(64)62-28-24-53(41-66(62)68)51-15-10-14-50(39-51)52-16-11-17-58(40-52)70(57-25-22-49(23-26-57)48-12-4-3-5-13-48)59-27-29-63-61-19-7-9-21-65(61)69(67(63)42-59)55-35-46-32-47(37-55)38-56(69)36-46/h3-29,39-47,54-56H,30-38H2,1-2H3/t43?,44-,45-,46-,47?,54-,55?,56+,68-,69+/m0/s1. The van der Waals surface area contributed by atoms with E-state index in [0.717, 1.165) is 35.5 Å². The molecular formula is C69H63N. The van der Waals surface area contributed by atoms with Gasteiger partial charge in [-0.15, -0.1) is 0 Å². The summed E-state index contributed by atoms with van der Waals surface area (Å²) in [4.78, 5) is 2.55. The van der Waals surface area contributed by atoms with Crippen LogP contribution < -0.4 is 4.90 Å². The van der Waals surface area contributed by atoms with Crippen molar-refractivity contribution in [3.05, 3.63) is 210 Å². The molecule has 1 nitrogen and oxygen atoms in total. The fourth-order valence-corrected chi connectivity index (χ4v) is 17.5. The van der Waals surface area contributed by atoms with Crippen molar-refractivity contribution in [3.63, 3.8) is 0 Å². The first-order valence-electron chi connectivity index (χ1n) is 27.1. The van der Waals surface area contributed by atoms with Crippen LogP contribution in [0.15, 0.2) is 188 Å². The van der Waals surface area contributed by atoms with Crippen molar-refractivity contribution in [1.82, 2.24) is 0 Å². The minimum absolute atomic E-state index is 0.0813. The van der Waals surface area contributed by atoms with Crippen LogP contribution in [0, 0.1) is 47.3 Å². The zero-order chi connectivity index (χ0) is 46.3. The molecule has 0 saturated heterocycles. The average molecular weight is 906 g/mol. The second-order valence-electron chi connectivity index (χ2n) is 23.5. The Balaban J connectivity index is 0.840. The Bertz CT molecular complexity index is 3320. The SMILES string of the molecule is CC1C[C@H](C)[C@@]2(c3ccccc3-c3ccc(-c4cccc(-c5cccc(N(c6ccc(-c7ccccc7)cc6)c6ccc7c(c6)[C@]6(c8ccccc8-7)C7CC8C[C@@H](C7)C[C@@H]6C8)c5)c4)cc32)[C@H]2C[C@H](C1)C2. The maximum atomic E-state index is 2.65. The minimum atomic E-state index is 0.0813. The van der Waals surface area contributed by atoms with Crippen LogP contribution in [0.2, 0.25) is 0 Å². The number of rotatable bonds is 6. The third kappa shape index (κ3) is 5.90. The molecule has 2 spiro atoms. The van der Waals surface area contributed by atoms with E-state index in [1.54, 1.807) is 22.3 Å². The fourth-order valence-electron chi connectivity index (χ4n) is 17.5. The van der Waals surface area contributed by atoms with Gasteiger partial charge < -0.3 is 4.90 Å². The van der Waals surface area contributed by atoms with E-state index >= 15 is 0 Å². The highest BCUT2D eigenvalue weighted by atomic mass is 15.1. The van der Waals surface area contributed by atoms with Crippen molar-refractivity contribution in [1.29, 1.82) is 0 Å². The highest BCUT2D eigenvalue weighted by molar-refractivity contribution is 5.89. The second kappa shape index (κ2) is 15.5. The first kappa shape index (κ1) is 41.4. The summed E-state index contributed by atoms with van der Waals surface area (Å²) < 4.78 is 0. The number of hydrogen-bond acceptors (Lipinski definition) is 1. The van der Waals surface area contributed by atoms with Gasteiger partial charge in [-0.25, -0.2) is 0 Å². The largest absolute Gasteiger partial charge is 0.310 e. The van der Waals surface area contributed by atoms with Gasteiger partial charge in [-0.3, -0.25) is 0 Å². The highest BCUT2D eigenvalue weighted by Gasteiger charge is 2.62. The molecule has 344 valence electrons. The maximum Gasteiger partial charge on any atom is 0.0467 e. The van der Waals surface area contributed by atoms with Gasteiger partial charge in [0.2, 0.25) is 0 Å². The van der Waals surface area contributed by atoms with Gasteiger partial charge in [0.25, 0.3) is 0 Å². The predicted octanol–water partition coefficient (Wildman–Crippen LogP) is 18.2. The molecule has 17 rings (SSSR count). The van der Waals surface area contributed by atoms with Crippen LogP contribution in [0.25, 0.3) is 55.6 Å². The van der Waals surface area contributed by atoms with Crippen LogP contribution in [-0.4, -0.2) is 0 Å². The van der Waals surface area contributed by atoms with Crippen molar-refractivity contribution in [3.8, 4) is 55.6 Å². The van der Waals surface area contributed by atoms with Gasteiger partial charge >= 0.3 is 0 Å². The average Bonchev–Trinajstić information content (AvgIpc) is 3.84. The molecule has 6 bridgehead atoms. The lowest BCUT2D eigenvalue weighted by Crippen LogP contribution is -2.55. The van der Waals surface area contributed by atoms with Crippen LogP contribution >= 0.6 is 0 Å². The topological polar surface area (TPSA) is 3.24 Å². The van der Waals surface area contributed by atoms with E-state index < -0.39 is 0 Å². The predicted molar refractivity (Wildman–Crippen MR) is 291 cm³/mol. The smallest absolute Gasteiger partial charge is 0.0467 e. The molecular weight excluding hydrogens is 843 g/mol. The summed E-state index contributed by atoms with van der Waals surface area (Å²) in [6.45, 7) is 5.11.